The molecular formula is C14H16N2O2S. The number of rotatable bonds is 4. The molecule has 1 heterocycles. The average molecular weight is 276 g/mol. The largest absolute Gasteiger partial charge is 0.449 e. The number of aryl methyl sites for hydroxylation is 1. The summed E-state index contributed by atoms with van der Waals surface area (Å²) in [6.45, 7) is 4.41. The van der Waals surface area contributed by atoms with E-state index >= 15 is 0 Å². The lowest BCUT2D eigenvalue weighted by atomic mass is 10.1. The maximum absolute atomic E-state index is 11.4. The van der Waals surface area contributed by atoms with Crippen LogP contribution in [0.25, 0.3) is 11.3 Å². The molecule has 0 unspecified atom stereocenters. The third kappa shape index (κ3) is 3.79. The van der Waals surface area contributed by atoms with E-state index < -0.39 is 6.09 Å². The maximum Gasteiger partial charge on any atom is 0.413 e. The van der Waals surface area contributed by atoms with Crippen LogP contribution in [0.2, 0.25) is 0 Å². The number of carbonyl (C=O) groups excluding carboxylic acids is 1. The van der Waals surface area contributed by atoms with Crippen LogP contribution in [0.3, 0.4) is 0 Å². The summed E-state index contributed by atoms with van der Waals surface area (Å²) in [5, 5.41) is 5.09. The molecule has 0 aliphatic rings. The number of hydrogen-bond donors (Lipinski definition) is 1. The van der Waals surface area contributed by atoms with Gasteiger partial charge in [0.25, 0.3) is 0 Å². The zero-order chi connectivity index (χ0) is 13.7. The highest BCUT2D eigenvalue weighted by molar-refractivity contribution is 7.14. The second-order valence-electron chi connectivity index (χ2n) is 4.16. The van der Waals surface area contributed by atoms with E-state index in [0.29, 0.717) is 11.7 Å². The second-order valence-corrected chi connectivity index (χ2v) is 5.02. The smallest absolute Gasteiger partial charge is 0.413 e. The Bertz CT molecular complexity index is 549. The Morgan fingerprint density at radius 1 is 1.37 bits per heavy atom. The molecule has 2 rings (SSSR count). The zero-order valence-electron chi connectivity index (χ0n) is 11.0. The van der Waals surface area contributed by atoms with Crippen LogP contribution in [0.5, 0.6) is 0 Å². The van der Waals surface area contributed by atoms with Crippen LogP contribution in [0.4, 0.5) is 9.93 Å². The Morgan fingerprint density at radius 2 is 2.11 bits per heavy atom. The minimum atomic E-state index is -0.452. The van der Waals surface area contributed by atoms with Crippen LogP contribution in [0, 0.1) is 6.92 Å². The van der Waals surface area contributed by atoms with Crippen molar-refractivity contribution in [3.05, 3.63) is 35.2 Å². The lowest BCUT2D eigenvalue weighted by molar-refractivity contribution is 0.161. The van der Waals surface area contributed by atoms with E-state index in [1.54, 1.807) is 0 Å². The standard InChI is InChI=1S/C14H16N2O2S/c1-3-8-18-14(17)16-13-15-12(9-19-13)11-6-4-10(2)5-7-11/h4-7,9H,3,8H2,1-2H3,(H,15,16,17). The van der Waals surface area contributed by atoms with Gasteiger partial charge in [-0.15, -0.1) is 11.3 Å². The maximum atomic E-state index is 11.4. The molecule has 2 aromatic rings. The van der Waals surface area contributed by atoms with Crippen molar-refractivity contribution in [2.45, 2.75) is 20.3 Å². The number of thiazole rings is 1. The predicted molar refractivity (Wildman–Crippen MR) is 77.5 cm³/mol. The third-order valence-corrected chi connectivity index (χ3v) is 3.26. The van der Waals surface area contributed by atoms with Crippen LogP contribution < -0.4 is 5.32 Å². The summed E-state index contributed by atoms with van der Waals surface area (Å²) in [4.78, 5) is 15.8. The Labute approximate surface area is 116 Å². The van der Waals surface area contributed by atoms with E-state index in [1.165, 1.54) is 16.9 Å². The van der Waals surface area contributed by atoms with Crippen molar-refractivity contribution in [2.24, 2.45) is 0 Å². The molecule has 0 saturated carbocycles. The first-order valence-corrected chi connectivity index (χ1v) is 7.03. The molecule has 0 fully saturated rings. The Hall–Kier alpha value is -1.88. The molecule has 0 aliphatic heterocycles. The van der Waals surface area contributed by atoms with Gasteiger partial charge in [0.15, 0.2) is 5.13 Å². The fourth-order valence-corrected chi connectivity index (χ4v) is 2.21. The first-order chi connectivity index (χ1) is 9.19. The Kier molecular flexibility index (Phi) is 4.52. The average Bonchev–Trinajstić information content (AvgIpc) is 2.85. The predicted octanol–water partition coefficient (Wildman–Crippen LogP) is 4.08. The number of ether oxygens (including phenoxy) is 1. The van der Waals surface area contributed by atoms with Gasteiger partial charge >= 0.3 is 6.09 Å². The summed E-state index contributed by atoms with van der Waals surface area (Å²) in [6.07, 6.45) is 0.353. The number of anilines is 1. The van der Waals surface area contributed by atoms with Crippen molar-refractivity contribution in [1.29, 1.82) is 0 Å². The van der Waals surface area contributed by atoms with Gasteiger partial charge in [-0.25, -0.2) is 9.78 Å². The van der Waals surface area contributed by atoms with Crippen LogP contribution >= 0.6 is 11.3 Å². The van der Waals surface area contributed by atoms with Crippen LogP contribution in [-0.4, -0.2) is 17.7 Å². The number of nitrogens with one attached hydrogen (secondary N) is 1. The SMILES string of the molecule is CCCOC(=O)Nc1nc(-c2ccc(C)cc2)cs1. The van der Waals surface area contributed by atoms with Gasteiger partial charge in [-0.05, 0) is 13.3 Å². The van der Waals surface area contributed by atoms with Gasteiger partial charge in [-0.1, -0.05) is 36.8 Å². The monoisotopic (exact) mass is 276 g/mol. The third-order valence-electron chi connectivity index (χ3n) is 2.50. The first kappa shape index (κ1) is 13.5. The fourth-order valence-electron chi connectivity index (χ4n) is 1.51. The van der Waals surface area contributed by atoms with E-state index in [2.05, 4.69) is 10.3 Å². The number of amides is 1. The highest BCUT2D eigenvalue weighted by Gasteiger charge is 2.08. The first-order valence-electron chi connectivity index (χ1n) is 6.15. The van der Waals surface area contributed by atoms with Gasteiger partial charge in [-0.3, -0.25) is 5.32 Å². The normalized spacial score (nSPS) is 10.2. The van der Waals surface area contributed by atoms with Crippen LogP contribution in [0.15, 0.2) is 29.6 Å². The molecule has 5 heteroatoms. The highest BCUT2D eigenvalue weighted by atomic mass is 32.1. The number of nitrogens with zero attached hydrogens (tertiary/aromatic N) is 1. The van der Waals surface area contributed by atoms with Crippen molar-refractivity contribution in [2.75, 3.05) is 11.9 Å². The summed E-state index contributed by atoms with van der Waals surface area (Å²) < 4.78 is 4.94. The van der Waals surface area contributed by atoms with Crippen molar-refractivity contribution < 1.29 is 9.53 Å². The van der Waals surface area contributed by atoms with Crippen LogP contribution in [0.1, 0.15) is 18.9 Å². The Balaban J connectivity index is 2.02. The molecule has 0 spiro atoms. The number of aromatic nitrogens is 1. The molecular weight excluding hydrogens is 260 g/mol. The lowest BCUT2D eigenvalue weighted by Crippen LogP contribution is -2.13. The van der Waals surface area contributed by atoms with Gasteiger partial charge < -0.3 is 4.74 Å². The van der Waals surface area contributed by atoms with Gasteiger partial charge in [0.2, 0.25) is 0 Å². The van der Waals surface area contributed by atoms with E-state index in [9.17, 15) is 4.79 Å². The van der Waals surface area contributed by atoms with Crippen LogP contribution in [-0.2, 0) is 4.74 Å². The van der Waals surface area contributed by atoms with E-state index in [1.807, 2.05) is 43.5 Å². The summed E-state index contributed by atoms with van der Waals surface area (Å²) in [6, 6.07) is 8.11. The summed E-state index contributed by atoms with van der Waals surface area (Å²) in [5.41, 5.74) is 3.10. The van der Waals surface area contributed by atoms with E-state index in [4.69, 9.17) is 4.74 Å². The van der Waals surface area contributed by atoms with Gasteiger partial charge in [0, 0.05) is 10.9 Å². The quantitative estimate of drug-likeness (QED) is 0.915. The minimum Gasteiger partial charge on any atom is -0.449 e. The zero-order valence-corrected chi connectivity index (χ0v) is 11.8. The summed E-state index contributed by atoms with van der Waals surface area (Å²) >= 11 is 1.39. The molecule has 19 heavy (non-hydrogen) atoms. The number of carbonyl (C=O) groups is 1. The number of hydrogen-bond acceptors (Lipinski definition) is 4. The van der Waals surface area contributed by atoms with E-state index in [-0.39, 0.29) is 0 Å². The molecule has 0 bridgehead atoms. The molecule has 1 aromatic carbocycles. The topological polar surface area (TPSA) is 51.2 Å². The highest BCUT2D eigenvalue weighted by Crippen LogP contribution is 2.25. The second kappa shape index (κ2) is 6.33. The summed E-state index contributed by atoms with van der Waals surface area (Å²) in [7, 11) is 0. The minimum absolute atomic E-state index is 0.419. The van der Waals surface area contributed by atoms with E-state index in [0.717, 1.165) is 17.7 Å². The molecule has 1 N–H and O–H groups in total. The van der Waals surface area contributed by atoms with Gasteiger partial charge in [0.05, 0.1) is 12.3 Å². The molecule has 0 radical (unpaired) electrons. The Morgan fingerprint density at radius 3 is 2.79 bits per heavy atom. The molecule has 100 valence electrons. The lowest BCUT2D eigenvalue weighted by Gasteiger charge is -2.02. The molecule has 0 aliphatic carbocycles. The van der Waals surface area contributed by atoms with Crippen molar-refractivity contribution in [3.63, 3.8) is 0 Å². The molecule has 0 saturated heterocycles. The van der Waals surface area contributed by atoms with Crippen molar-refractivity contribution in [3.8, 4) is 11.3 Å². The number of benzene rings is 1. The van der Waals surface area contributed by atoms with Crippen molar-refractivity contribution >= 4 is 22.6 Å². The van der Waals surface area contributed by atoms with Crippen molar-refractivity contribution in [1.82, 2.24) is 4.98 Å². The molecule has 1 amide bonds. The van der Waals surface area contributed by atoms with Gasteiger partial charge in [0.1, 0.15) is 0 Å². The van der Waals surface area contributed by atoms with Gasteiger partial charge in [-0.2, -0.15) is 0 Å². The fraction of sp³-hybridized carbons (Fsp3) is 0.286. The molecule has 4 nitrogen and oxygen atoms in total. The molecule has 1 aromatic heterocycles. The summed E-state index contributed by atoms with van der Waals surface area (Å²) in [5.74, 6) is 0. The molecule has 0 atom stereocenters.